The smallest absolute Gasteiger partial charge is 0.159 e. The van der Waals surface area contributed by atoms with Crippen molar-refractivity contribution in [1.82, 2.24) is 4.90 Å². The minimum atomic E-state index is 0.0566. The highest BCUT2D eigenvalue weighted by molar-refractivity contribution is 5.94. The number of allylic oxidation sites excluding steroid dienone is 2. The van der Waals surface area contributed by atoms with Gasteiger partial charge in [-0.25, -0.2) is 0 Å². The predicted octanol–water partition coefficient (Wildman–Crippen LogP) is 4.75. The fraction of sp³-hybridized carbons (Fsp3) is 0.409. The first kappa shape index (κ1) is 17.5. The Morgan fingerprint density at radius 1 is 1.24 bits per heavy atom. The molecule has 1 aliphatic heterocycles. The zero-order valence-corrected chi connectivity index (χ0v) is 15.7. The van der Waals surface area contributed by atoms with Crippen LogP contribution in [0.3, 0.4) is 0 Å². The second-order valence-corrected chi connectivity index (χ2v) is 7.90. The number of ketones is 1. The van der Waals surface area contributed by atoms with E-state index in [2.05, 4.69) is 56.2 Å². The standard InChI is InChI=1S/C22H27NO2/c1-15(24)17-6-7-18(21(12-17)25-5)14-23-11-10-16-8-9-19(13-20(16)23)22(2,3)4/h6-13,16,20H,14H2,1-5H3. The monoisotopic (exact) mass is 337 g/mol. The molecular weight excluding hydrogens is 310 g/mol. The summed E-state index contributed by atoms with van der Waals surface area (Å²) in [6, 6.07) is 6.07. The molecule has 0 radical (unpaired) electrons. The number of nitrogens with zero attached hydrogens (tertiary/aromatic N) is 1. The van der Waals surface area contributed by atoms with Crippen molar-refractivity contribution in [2.75, 3.05) is 7.11 Å². The van der Waals surface area contributed by atoms with Crippen molar-refractivity contribution in [3.8, 4) is 5.75 Å². The molecule has 1 aliphatic carbocycles. The summed E-state index contributed by atoms with van der Waals surface area (Å²) in [5.41, 5.74) is 3.31. The minimum Gasteiger partial charge on any atom is -0.496 e. The number of hydrogen-bond acceptors (Lipinski definition) is 3. The lowest BCUT2D eigenvalue weighted by molar-refractivity contribution is 0.101. The van der Waals surface area contributed by atoms with Gasteiger partial charge >= 0.3 is 0 Å². The van der Waals surface area contributed by atoms with Gasteiger partial charge in [0.15, 0.2) is 5.78 Å². The number of methoxy groups -OCH3 is 1. The van der Waals surface area contributed by atoms with Crippen molar-refractivity contribution < 1.29 is 9.53 Å². The van der Waals surface area contributed by atoms with Crippen molar-refractivity contribution in [3.63, 3.8) is 0 Å². The van der Waals surface area contributed by atoms with Crippen molar-refractivity contribution in [2.45, 2.75) is 40.3 Å². The minimum absolute atomic E-state index is 0.0566. The number of benzene rings is 1. The molecule has 0 bridgehead atoms. The molecule has 1 heterocycles. The van der Waals surface area contributed by atoms with E-state index >= 15 is 0 Å². The van der Waals surface area contributed by atoms with Gasteiger partial charge in [0.1, 0.15) is 5.75 Å². The normalized spacial score (nSPS) is 22.0. The summed E-state index contributed by atoms with van der Waals surface area (Å²) >= 11 is 0. The highest BCUT2D eigenvalue weighted by Gasteiger charge is 2.31. The van der Waals surface area contributed by atoms with Gasteiger partial charge in [0.2, 0.25) is 0 Å². The fourth-order valence-corrected chi connectivity index (χ4v) is 3.43. The number of hydrogen-bond donors (Lipinski definition) is 0. The number of fused-ring (bicyclic) bond motifs is 1. The molecule has 2 atom stereocenters. The third kappa shape index (κ3) is 3.55. The molecule has 1 aromatic carbocycles. The topological polar surface area (TPSA) is 29.5 Å². The molecule has 0 amide bonds. The van der Waals surface area contributed by atoms with Gasteiger partial charge in [-0.1, -0.05) is 57.2 Å². The van der Waals surface area contributed by atoms with E-state index in [0.717, 1.165) is 17.9 Å². The van der Waals surface area contributed by atoms with Gasteiger partial charge in [-0.3, -0.25) is 4.79 Å². The van der Waals surface area contributed by atoms with Gasteiger partial charge in [-0.05, 0) is 30.2 Å². The Kier molecular flexibility index (Phi) is 4.59. The van der Waals surface area contributed by atoms with E-state index in [4.69, 9.17) is 4.74 Å². The second kappa shape index (κ2) is 6.55. The summed E-state index contributed by atoms with van der Waals surface area (Å²) in [6.45, 7) is 9.09. The van der Waals surface area contributed by atoms with Gasteiger partial charge in [0.05, 0.1) is 13.2 Å². The third-order valence-electron chi connectivity index (χ3n) is 5.04. The van der Waals surface area contributed by atoms with Crippen LogP contribution in [0.1, 0.15) is 43.6 Å². The molecule has 0 aromatic heterocycles. The maximum atomic E-state index is 11.6. The lowest BCUT2D eigenvalue weighted by Gasteiger charge is -2.32. The molecule has 2 aliphatic rings. The van der Waals surface area contributed by atoms with Crippen LogP contribution in [-0.2, 0) is 6.54 Å². The molecule has 0 fully saturated rings. The van der Waals surface area contributed by atoms with E-state index in [1.54, 1.807) is 14.0 Å². The molecule has 2 unspecified atom stereocenters. The largest absolute Gasteiger partial charge is 0.496 e. The Labute approximate surface area is 150 Å². The lowest BCUT2D eigenvalue weighted by Crippen LogP contribution is -2.32. The SMILES string of the molecule is COc1cc(C(C)=O)ccc1CN1C=CC2C=CC(C(C)(C)C)=CC21. The Morgan fingerprint density at radius 2 is 2.00 bits per heavy atom. The first-order valence-electron chi connectivity index (χ1n) is 8.82. The van der Waals surface area contributed by atoms with Crippen molar-refractivity contribution in [3.05, 3.63) is 65.4 Å². The Morgan fingerprint density at radius 3 is 2.64 bits per heavy atom. The number of rotatable bonds is 4. The summed E-state index contributed by atoms with van der Waals surface area (Å²) in [5, 5.41) is 0. The van der Waals surface area contributed by atoms with E-state index in [0.29, 0.717) is 17.5 Å². The molecule has 0 spiro atoms. The highest BCUT2D eigenvalue weighted by atomic mass is 16.5. The van der Waals surface area contributed by atoms with Gasteiger partial charge in [0.25, 0.3) is 0 Å². The van der Waals surface area contributed by atoms with Crippen LogP contribution in [0, 0.1) is 11.3 Å². The number of ether oxygens (including phenoxy) is 1. The quantitative estimate of drug-likeness (QED) is 0.742. The first-order chi connectivity index (χ1) is 11.8. The molecule has 3 heteroatoms. The highest BCUT2D eigenvalue weighted by Crippen LogP contribution is 2.36. The first-order valence-corrected chi connectivity index (χ1v) is 8.82. The maximum Gasteiger partial charge on any atom is 0.159 e. The molecule has 132 valence electrons. The molecular formula is C22H27NO2. The predicted molar refractivity (Wildman–Crippen MR) is 102 cm³/mol. The van der Waals surface area contributed by atoms with Crippen LogP contribution in [-0.4, -0.2) is 23.8 Å². The van der Waals surface area contributed by atoms with Gasteiger partial charge < -0.3 is 9.64 Å². The summed E-state index contributed by atoms with van der Waals surface area (Å²) in [6.07, 6.45) is 11.4. The Hall–Kier alpha value is -2.29. The van der Waals surface area contributed by atoms with Crippen LogP contribution in [0.4, 0.5) is 0 Å². The molecule has 0 saturated heterocycles. The van der Waals surface area contributed by atoms with Crippen LogP contribution >= 0.6 is 0 Å². The molecule has 25 heavy (non-hydrogen) atoms. The molecule has 1 aromatic rings. The van der Waals surface area contributed by atoms with E-state index in [1.807, 2.05) is 18.2 Å². The third-order valence-corrected chi connectivity index (χ3v) is 5.04. The lowest BCUT2D eigenvalue weighted by atomic mass is 9.80. The zero-order chi connectivity index (χ0) is 18.2. The molecule has 0 saturated carbocycles. The summed E-state index contributed by atoms with van der Waals surface area (Å²) in [7, 11) is 1.66. The molecule has 0 N–H and O–H groups in total. The molecule has 3 nitrogen and oxygen atoms in total. The van der Waals surface area contributed by atoms with Crippen LogP contribution in [0.15, 0.2) is 54.3 Å². The summed E-state index contributed by atoms with van der Waals surface area (Å²) in [4.78, 5) is 13.9. The molecule has 3 rings (SSSR count). The van der Waals surface area contributed by atoms with Gasteiger partial charge in [-0.15, -0.1) is 0 Å². The van der Waals surface area contributed by atoms with Crippen molar-refractivity contribution >= 4 is 5.78 Å². The van der Waals surface area contributed by atoms with Gasteiger partial charge in [0, 0.05) is 23.6 Å². The van der Waals surface area contributed by atoms with E-state index in [1.165, 1.54) is 5.57 Å². The average Bonchev–Trinajstić information content (AvgIpc) is 2.96. The van der Waals surface area contributed by atoms with E-state index in [-0.39, 0.29) is 11.2 Å². The van der Waals surface area contributed by atoms with Crippen LogP contribution in [0.25, 0.3) is 0 Å². The van der Waals surface area contributed by atoms with E-state index in [9.17, 15) is 4.79 Å². The Bertz CT molecular complexity index is 765. The zero-order valence-electron chi connectivity index (χ0n) is 15.7. The van der Waals surface area contributed by atoms with Crippen LogP contribution < -0.4 is 4.74 Å². The number of carbonyl (C=O) groups is 1. The summed E-state index contributed by atoms with van der Waals surface area (Å²) < 4.78 is 5.53. The summed E-state index contributed by atoms with van der Waals surface area (Å²) in [5.74, 6) is 1.26. The van der Waals surface area contributed by atoms with E-state index < -0.39 is 0 Å². The Balaban J connectivity index is 1.84. The number of Topliss-reactive ketones (excluding diaryl/α,β-unsaturated/α-hetero) is 1. The van der Waals surface area contributed by atoms with Crippen molar-refractivity contribution in [1.29, 1.82) is 0 Å². The van der Waals surface area contributed by atoms with Crippen LogP contribution in [0.5, 0.6) is 5.75 Å². The number of carbonyl (C=O) groups excluding carboxylic acids is 1. The van der Waals surface area contributed by atoms with Gasteiger partial charge in [-0.2, -0.15) is 0 Å². The fourth-order valence-electron chi connectivity index (χ4n) is 3.43. The second-order valence-electron chi connectivity index (χ2n) is 7.90. The average molecular weight is 337 g/mol. The maximum absolute atomic E-state index is 11.6. The van der Waals surface area contributed by atoms with Crippen molar-refractivity contribution in [2.24, 2.45) is 11.3 Å². The van der Waals surface area contributed by atoms with Crippen LogP contribution in [0.2, 0.25) is 0 Å².